The van der Waals surface area contributed by atoms with Gasteiger partial charge in [-0.3, -0.25) is 0 Å². The molecule has 0 saturated carbocycles. The average Bonchev–Trinajstić information content (AvgIpc) is 2.97. The van der Waals surface area contributed by atoms with Gasteiger partial charge in [0.25, 0.3) is 0 Å². The number of carbonyl (C=O) groups is 1. The largest absolute Gasteiger partial charge is 0.461 e. The van der Waals surface area contributed by atoms with E-state index >= 15 is 0 Å². The van der Waals surface area contributed by atoms with Gasteiger partial charge in [0.1, 0.15) is 11.5 Å². The van der Waals surface area contributed by atoms with Crippen LogP contribution in [0, 0.1) is 12.8 Å². The molecular formula is C14H20N4O3. The summed E-state index contributed by atoms with van der Waals surface area (Å²) in [6.45, 7) is 8.49. The van der Waals surface area contributed by atoms with Gasteiger partial charge in [-0.25, -0.2) is 9.48 Å². The number of nitrogens with zero attached hydrogens (tertiary/aromatic N) is 4. The molecule has 0 atom stereocenters. The fraction of sp³-hybridized carbons (Fsp3) is 0.571. The lowest BCUT2D eigenvalue weighted by molar-refractivity contribution is 0.0517. The first-order chi connectivity index (χ1) is 10.0. The van der Waals surface area contributed by atoms with Gasteiger partial charge in [0.2, 0.25) is 0 Å². The van der Waals surface area contributed by atoms with Crippen LogP contribution in [0.25, 0.3) is 0 Å². The van der Waals surface area contributed by atoms with Crippen molar-refractivity contribution in [1.29, 1.82) is 0 Å². The van der Waals surface area contributed by atoms with Crippen LogP contribution in [0.2, 0.25) is 0 Å². The highest BCUT2D eigenvalue weighted by molar-refractivity contribution is 5.88. The summed E-state index contributed by atoms with van der Waals surface area (Å²) in [4.78, 5) is 11.9. The number of rotatable bonds is 6. The van der Waals surface area contributed by atoms with Crippen molar-refractivity contribution in [2.24, 2.45) is 5.92 Å². The maximum atomic E-state index is 11.9. The maximum Gasteiger partial charge on any atom is 0.360 e. The summed E-state index contributed by atoms with van der Waals surface area (Å²) in [7, 11) is 0. The van der Waals surface area contributed by atoms with E-state index in [2.05, 4.69) is 29.3 Å². The molecule has 0 radical (unpaired) electrons. The van der Waals surface area contributed by atoms with E-state index in [9.17, 15) is 4.79 Å². The molecule has 7 nitrogen and oxygen atoms in total. The Morgan fingerprint density at radius 2 is 2.24 bits per heavy atom. The third-order valence-corrected chi connectivity index (χ3v) is 2.90. The Labute approximate surface area is 123 Å². The monoisotopic (exact) mass is 292 g/mol. The average molecular weight is 292 g/mol. The number of hydrogen-bond donors (Lipinski definition) is 0. The smallest absolute Gasteiger partial charge is 0.360 e. The highest BCUT2D eigenvalue weighted by Crippen LogP contribution is 2.15. The third kappa shape index (κ3) is 3.68. The minimum absolute atomic E-state index is 0.283. The van der Waals surface area contributed by atoms with Crippen LogP contribution in [-0.2, 0) is 17.7 Å². The Morgan fingerprint density at radius 3 is 2.81 bits per heavy atom. The second-order valence-corrected chi connectivity index (χ2v) is 5.29. The molecule has 7 heteroatoms. The van der Waals surface area contributed by atoms with E-state index in [-0.39, 0.29) is 5.69 Å². The van der Waals surface area contributed by atoms with E-state index in [0.717, 1.165) is 17.1 Å². The first-order valence-electron chi connectivity index (χ1n) is 7.03. The van der Waals surface area contributed by atoms with Crippen molar-refractivity contribution in [3.05, 3.63) is 28.9 Å². The Balaban J connectivity index is 2.29. The van der Waals surface area contributed by atoms with Crippen molar-refractivity contribution >= 4 is 5.97 Å². The van der Waals surface area contributed by atoms with Gasteiger partial charge < -0.3 is 9.26 Å². The number of carbonyl (C=O) groups excluding carboxylic acids is 1. The molecule has 0 aliphatic rings. The molecule has 2 aromatic rings. The molecule has 114 valence electrons. The first-order valence-corrected chi connectivity index (χ1v) is 7.03. The molecule has 0 aliphatic carbocycles. The van der Waals surface area contributed by atoms with E-state index in [0.29, 0.717) is 25.5 Å². The normalized spacial score (nSPS) is 11.1. The van der Waals surface area contributed by atoms with Crippen LogP contribution in [-0.4, -0.2) is 32.7 Å². The van der Waals surface area contributed by atoms with Crippen molar-refractivity contribution in [3.8, 4) is 0 Å². The maximum absolute atomic E-state index is 11.9. The first kappa shape index (κ1) is 15.2. The molecule has 0 unspecified atom stereocenters. The Hall–Kier alpha value is -2.18. The zero-order valence-corrected chi connectivity index (χ0v) is 12.8. The van der Waals surface area contributed by atoms with E-state index < -0.39 is 5.97 Å². The van der Waals surface area contributed by atoms with Gasteiger partial charge >= 0.3 is 5.97 Å². The van der Waals surface area contributed by atoms with Crippen LogP contribution in [0.15, 0.2) is 10.6 Å². The van der Waals surface area contributed by atoms with Crippen LogP contribution in [0.1, 0.15) is 48.4 Å². The van der Waals surface area contributed by atoms with Crippen molar-refractivity contribution in [2.75, 3.05) is 6.61 Å². The van der Waals surface area contributed by atoms with Crippen LogP contribution in [0.4, 0.5) is 0 Å². The molecule has 0 saturated heterocycles. The van der Waals surface area contributed by atoms with Crippen molar-refractivity contribution in [3.63, 3.8) is 0 Å². The second-order valence-electron chi connectivity index (χ2n) is 5.29. The van der Waals surface area contributed by atoms with Gasteiger partial charge in [0, 0.05) is 6.07 Å². The predicted octanol–water partition coefficient (Wildman–Crippen LogP) is 2.00. The molecule has 2 heterocycles. The number of ether oxygens (including phenoxy) is 1. The van der Waals surface area contributed by atoms with Crippen molar-refractivity contribution in [1.82, 2.24) is 20.2 Å². The summed E-state index contributed by atoms with van der Waals surface area (Å²) < 4.78 is 11.8. The Morgan fingerprint density at radius 1 is 1.48 bits per heavy atom. The van der Waals surface area contributed by atoms with Crippen molar-refractivity contribution in [2.45, 2.75) is 40.7 Å². The van der Waals surface area contributed by atoms with E-state index in [1.54, 1.807) is 11.6 Å². The topological polar surface area (TPSA) is 83.0 Å². The van der Waals surface area contributed by atoms with Gasteiger partial charge in [-0.2, -0.15) is 0 Å². The summed E-state index contributed by atoms with van der Waals surface area (Å²) >= 11 is 0. The van der Waals surface area contributed by atoms with E-state index in [1.165, 1.54) is 0 Å². The molecule has 0 bridgehead atoms. The molecule has 0 aromatic carbocycles. The quantitative estimate of drug-likeness (QED) is 0.757. The number of hydrogen-bond acceptors (Lipinski definition) is 6. The minimum Gasteiger partial charge on any atom is -0.461 e. The molecule has 2 rings (SSSR count). The van der Waals surface area contributed by atoms with Gasteiger partial charge in [-0.05, 0) is 26.2 Å². The SMILES string of the molecule is CCOC(=O)c1nnn(Cc2cc(C)on2)c1CC(C)C. The molecule has 21 heavy (non-hydrogen) atoms. The summed E-state index contributed by atoms with van der Waals surface area (Å²) in [5.41, 5.74) is 1.80. The number of esters is 1. The predicted molar refractivity (Wildman–Crippen MR) is 74.9 cm³/mol. The van der Waals surface area contributed by atoms with Crippen LogP contribution in [0.3, 0.4) is 0 Å². The summed E-state index contributed by atoms with van der Waals surface area (Å²) in [5.74, 6) is 0.673. The Kier molecular flexibility index (Phi) is 4.72. The fourth-order valence-corrected chi connectivity index (χ4v) is 2.05. The van der Waals surface area contributed by atoms with E-state index in [1.807, 2.05) is 13.0 Å². The van der Waals surface area contributed by atoms with Gasteiger partial charge in [-0.15, -0.1) is 5.10 Å². The molecule has 0 fully saturated rings. The lowest BCUT2D eigenvalue weighted by Gasteiger charge is -2.08. The summed E-state index contributed by atoms with van der Waals surface area (Å²) in [5, 5.41) is 12.0. The standard InChI is InChI=1S/C14H20N4O3/c1-5-20-14(19)13-12(6-9(2)3)18(17-15-13)8-11-7-10(4)21-16-11/h7,9H,5-6,8H2,1-4H3. The highest BCUT2D eigenvalue weighted by atomic mass is 16.5. The van der Waals surface area contributed by atoms with Crippen LogP contribution < -0.4 is 0 Å². The number of aromatic nitrogens is 4. The third-order valence-electron chi connectivity index (χ3n) is 2.90. The molecular weight excluding hydrogens is 272 g/mol. The second kappa shape index (κ2) is 6.51. The van der Waals surface area contributed by atoms with Crippen LogP contribution >= 0.6 is 0 Å². The molecule has 0 N–H and O–H groups in total. The Bertz CT molecular complexity index is 616. The molecule has 2 aromatic heterocycles. The number of aryl methyl sites for hydroxylation is 1. The van der Waals surface area contributed by atoms with Gasteiger partial charge in [-0.1, -0.05) is 24.2 Å². The molecule has 0 aliphatic heterocycles. The van der Waals surface area contributed by atoms with E-state index in [4.69, 9.17) is 9.26 Å². The fourth-order valence-electron chi connectivity index (χ4n) is 2.05. The van der Waals surface area contributed by atoms with Gasteiger partial charge in [0.15, 0.2) is 5.69 Å². The van der Waals surface area contributed by atoms with Crippen LogP contribution in [0.5, 0.6) is 0 Å². The minimum atomic E-state index is -0.435. The molecule has 0 amide bonds. The summed E-state index contributed by atoms with van der Waals surface area (Å²) in [6, 6.07) is 1.84. The molecule has 0 spiro atoms. The zero-order chi connectivity index (χ0) is 15.4. The van der Waals surface area contributed by atoms with Gasteiger partial charge in [0.05, 0.1) is 18.8 Å². The summed E-state index contributed by atoms with van der Waals surface area (Å²) in [6.07, 6.45) is 0.692. The lowest BCUT2D eigenvalue weighted by Crippen LogP contribution is -2.13. The lowest BCUT2D eigenvalue weighted by atomic mass is 10.1. The highest BCUT2D eigenvalue weighted by Gasteiger charge is 2.22. The zero-order valence-electron chi connectivity index (χ0n) is 12.8. The van der Waals surface area contributed by atoms with Crippen molar-refractivity contribution < 1.29 is 14.1 Å².